The van der Waals surface area contributed by atoms with E-state index in [1.807, 2.05) is 6.08 Å². The van der Waals surface area contributed by atoms with Gasteiger partial charge in [-0.15, -0.1) is 13.2 Å². The molecule has 1 aliphatic heterocycles. The van der Waals surface area contributed by atoms with Gasteiger partial charge in [0, 0.05) is 25.2 Å². The van der Waals surface area contributed by atoms with Crippen molar-refractivity contribution in [1.29, 1.82) is 0 Å². The van der Waals surface area contributed by atoms with Gasteiger partial charge in [-0.05, 0) is 37.2 Å². The van der Waals surface area contributed by atoms with E-state index in [2.05, 4.69) is 37.5 Å². The Morgan fingerprint density at radius 2 is 2.11 bits per heavy atom. The lowest BCUT2D eigenvalue weighted by molar-refractivity contribution is -0.141. The summed E-state index contributed by atoms with van der Waals surface area (Å²) in [6, 6.07) is 0. The highest BCUT2D eigenvalue weighted by molar-refractivity contribution is 5.69. The van der Waals surface area contributed by atoms with E-state index in [0.29, 0.717) is 36.9 Å². The van der Waals surface area contributed by atoms with Crippen LogP contribution < -0.4 is 0 Å². The second-order valence-electron chi connectivity index (χ2n) is 7.28. The second kappa shape index (κ2) is 11.0. The standard InChI is InChI=1S/C21H28O5.C2H4/c1-14(22)25-13-5-8-15-11-12-18-20(15)17-9-3-6-16(21(17)26-18)7-4-10-19(23)24-2;1-2/h3,5-6,8-9,15,17-18,20-21H,4,7,10-13H2,1-2H3;1-2H2/b8-5+;/t15?,17?,18-,20-,21?;/m0./s1. The third kappa shape index (κ3) is 5.44. The van der Waals surface area contributed by atoms with Crippen LogP contribution in [0.4, 0.5) is 0 Å². The van der Waals surface area contributed by atoms with E-state index in [-0.39, 0.29) is 18.0 Å². The monoisotopic (exact) mass is 388 g/mol. The third-order valence-corrected chi connectivity index (χ3v) is 5.67. The Kier molecular flexibility index (Phi) is 8.71. The zero-order valence-electron chi connectivity index (χ0n) is 17.0. The Bertz CT molecular complexity index is 633. The van der Waals surface area contributed by atoms with E-state index >= 15 is 0 Å². The summed E-state index contributed by atoms with van der Waals surface area (Å²) in [5.41, 5.74) is 1.29. The van der Waals surface area contributed by atoms with Crippen molar-refractivity contribution in [2.75, 3.05) is 13.7 Å². The number of carbonyl (C=O) groups excluding carboxylic acids is 2. The fourth-order valence-corrected chi connectivity index (χ4v) is 4.54. The van der Waals surface area contributed by atoms with Crippen LogP contribution in [0.25, 0.3) is 0 Å². The zero-order chi connectivity index (χ0) is 20.5. The largest absolute Gasteiger partial charge is 0.469 e. The first-order valence-corrected chi connectivity index (χ1v) is 9.99. The molecule has 0 amide bonds. The number of methoxy groups -OCH3 is 1. The quantitative estimate of drug-likeness (QED) is 0.484. The van der Waals surface area contributed by atoms with Gasteiger partial charge in [0.05, 0.1) is 19.3 Å². The first-order valence-electron chi connectivity index (χ1n) is 9.99. The fourth-order valence-electron chi connectivity index (χ4n) is 4.54. The summed E-state index contributed by atoms with van der Waals surface area (Å²) < 4.78 is 16.1. The van der Waals surface area contributed by atoms with Crippen molar-refractivity contribution in [2.45, 2.75) is 51.2 Å². The first-order chi connectivity index (χ1) is 13.6. The molecule has 0 aromatic carbocycles. The highest BCUT2D eigenvalue weighted by Crippen LogP contribution is 2.50. The van der Waals surface area contributed by atoms with Crippen LogP contribution in [0.3, 0.4) is 0 Å². The minimum Gasteiger partial charge on any atom is -0.469 e. The second-order valence-corrected chi connectivity index (χ2v) is 7.28. The molecule has 0 aromatic heterocycles. The van der Waals surface area contributed by atoms with Gasteiger partial charge in [0.15, 0.2) is 0 Å². The number of rotatable bonds is 7. The number of fused-ring (bicyclic) bond motifs is 3. The van der Waals surface area contributed by atoms with Gasteiger partial charge >= 0.3 is 11.9 Å². The van der Waals surface area contributed by atoms with Crippen molar-refractivity contribution in [3.63, 3.8) is 0 Å². The summed E-state index contributed by atoms with van der Waals surface area (Å²) in [5, 5.41) is 0. The topological polar surface area (TPSA) is 61.8 Å². The molecule has 3 rings (SSSR count). The van der Waals surface area contributed by atoms with Gasteiger partial charge in [-0.25, -0.2) is 0 Å². The Morgan fingerprint density at radius 1 is 1.32 bits per heavy atom. The predicted octanol–water partition coefficient (Wildman–Crippen LogP) is 4.16. The van der Waals surface area contributed by atoms with E-state index in [4.69, 9.17) is 14.2 Å². The van der Waals surface area contributed by atoms with Crippen molar-refractivity contribution < 1.29 is 23.8 Å². The maximum atomic E-state index is 11.3. The highest BCUT2D eigenvalue weighted by atomic mass is 16.5. The Labute approximate surface area is 168 Å². The van der Waals surface area contributed by atoms with Crippen molar-refractivity contribution in [3.05, 3.63) is 49.1 Å². The summed E-state index contributed by atoms with van der Waals surface area (Å²) in [4.78, 5) is 22.2. The lowest BCUT2D eigenvalue weighted by Gasteiger charge is -2.27. The molecule has 28 heavy (non-hydrogen) atoms. The molecule has 0 spiro atoms. The van der Waals surface area contributed by atoms with Crippen molar-refractivity contribution >= 4 is 11.9 Å². The molecule has 5 atom stereocenters. The molecule has 0 N–H and O–H groups in total. The molecular formula is C23H32O5. The molecule has 154 valence electrons. The summed E-state index contributed by atoms with van der Waals surface area (Å²) in [5.74, 6) is 0.929. The van der Waals surface area contributed by atoms with Crippen LogP contribution in [0.1, 0.15) is 39.0 Å². The lowest BCUT2D eigenvalue weighted by Crippen LogP contribution is -2.25. The number of ether oxygens (including phenoxy) is 3. The molecule has 3 aliphatic rings. The molecule has 2 aliphatic carbocycles. The molecule has 5 nitrogen and oxygen atoms in total. The van der Waals surface area contributed by atoms with Gasteiger partial charge in [-0.3, -0.25) is 9.59 Å². The summed E-state index contributed by atoms with van der Waals surface area (Å²) in [7, 11) is 1.43. The van der Waals surface area contributed by atoms with E-state index in [0.717, 1.165) is 25.7 Å². The van der Waals surface area contributed by atoms with Gasteiger partial charge in [-0.1, -0.05) is 30.4 Å². The van der Waals surface area contributed by atoms with Gasteiger partial charge in [0.25, 0.3) is 0 Å². The minimum atomic E-state index is -0.250. The molecule has 0 bridgehead atoms. The number of hydrogen-bond donors (Lipinski definition) is 0. The average Bonchev–Trinajstić information content (AvgIpc) is 3.27. The van der Waals surface area contributed by atoms with E-state index in [1.165, 1.54) is 19.6 Å². The van der Waals surface area contributed by atoms with Crippen LogP contribution in [0.15, 0.2) is 49.1 Å². The van der Waals surface area contributed by atoms with E-state index in [9.17, 15) is 9.59 Å². The van der Waals surface area contributed by atoms with Crippen molar-refractivity contribution in [1.82, 2.24) is 0 Å². The Hall–Kier alpha value is -2.14. The van der Waals surface area contributed by atoms with Crippen LogP contribution >= 0.6 is 0 Å². The Balaban J connectivity index is 0.00000136. The first kappa shape index (κ1) is 22.2. The maximum absolute atomic E-state index is 11.3. The molecule has 0 radical (unpaired) electrons. The van der Waals surface area contributed by atoms with Gasteiger partial charge in [0.1, 0.15) is 6.61 Å². The van der Waals surface area contributed by atoms with Crippen molar-refractivity contribution in [2.24, 2.45) is 17.8 Å². The Morgan fingerprint density at radius 3 is 2.82 bits per heavy atom. The zero-order valence-corrected chi connectivity index (χ0v) is 17.0. The molecule has 3 unspecified atom stereocenters. The number of allylic oxidation sites excluding steroid dienone is 3. The molecule has 1 saturated heterocycles. The minimum absolute atomic E-state index is 0.136. The van der Waals surface area contributed by atoms with E-state index < -0.39 is 0 Å². The molecular weight excluding hydrogens is 356 g/mol. The number of esters is 2. The summed E-state index contributed by atoms with van der Waals surface area (Å²) in [6.45, 7) is 7.77. The number of hydrogen-bond acceptors (Lipinski definition) is 5. The SMILES string of the molecule is C=C.COC(=O)CCCC1=CC=CC2C1O[C@H]1CCC(/C=C/COC(C)=O)[C@@H]21. The smallest absolute Gasteiger partial charge is 0.305 e. The molecule has 0 aromatic rings. The normalized spacial score (nSPS) is 30.1. The average molecular weight is 389 g/mol. The van der Waals surface area contributed by atoms with Gasteiger partial charge < -0.3 is 14.2 Å². The predicted molar refractivity (Wildman–Crippen MR) is 108 cm³/mol. The number of carbonyl (C=O) groups is 2. The van der Waals surface area contributed by atoms with Crippen LogP contribution in [-0.2, 0) is 23.8 Å². The van der Waals surface area contributed by atoms with Crippen molar-refractivity contribution in [3.8, 4) is 0 Å². The van der Waals surface area contributed by atoms with Gasteiger partial charge in [0.2, 0.25) is 0 Å². The summed E-state index contributed by atoms with van der Waals surface area (Å²) in [6.07, 6.45) is 15.4. The fraction of sp³-hybridized carbons (Fsp3) is 0.565. The lowest BCUT2D eigenvalue weighted by atomic mass is 9.77. The van der Waals surface area contributed by atoms with E-state index in [1.54, 1.807) is 0 Å². The highest BCUT2D eigenvalue weighted by Gasteiger charge is 2.50. The molecule has 5 heteroatoms. The summed E-state index contributed by atoms with van der Waals surface area (Å²) >= 11 is 0. The van der Waals surface area contributed by atoms with Crippen LogP contribution in [0.5, 0.6) is 0 Å². The van der Waals surface area contributed by atoms with Crippen LogP contribution in [0.2, 0.25) is 0 Å². The third-order valence-electron chi connectivity index (χ3n) is 5.67. The molecule has 2 fully saturated rings. The molecule has 1 saturated carbocycles. The molecule has 1 heterocycles. The van der Waals surface area contributed by atoms with Gasteiger partial charge in [-0.2, -0.15) is 0 Å². The van der Waals surface area contributed by atoms with Crippen LogP contribution in [-0.4, -0.2) is 37.9 Å². The maximum Gasteiger partial charge on any atom is 0.305 e. The van der Waals surface area contributed by atoms with Crippen LogP contribution in [0, 0.1) is 17.8 Å².